The van der Waals surface area contributed by atoms with Crippen molar-refractivity contribution in [2.45, 2.75) is 0 Å². The third kappa shape index (κ3) is 4.54. The van der Waals surface area contributed by atoms with Crippen LogP contribution in [0.15, 0.2) is 199 Å². The monoisotopic (exact) mass is 676 g/mol. The molecule has 9 aromatic carbocycles. The zero-order chi connectivity index (χ0) is 34.9. The normalized spacial score (nSPS) is 11.8. The van der Waals surface area contributed by atoms with Crippen LogP contribution in [0.4, 0.5) is 17.1 Å². The molecule has 0 fully saturated rings. The zero-order valence-corrected chi connectivity index (χ0v) is 28.8. The number of aromatic nitrogens is 1. The van der Waals surface area contributed by atoms with E-state index in [0.29, 0.717) is 0 Å². The maximum Gasteiger partial charge on any atom is 0.145 e. The SMILES string of the molecule is c1ccc(-c2ccc(N(c3cc4ccccc4c4ccccc34)c3cccc4oc5c(ccc6c5c5ccccc5n6-c5ccccc5)c34)cc2)cc1. The molecule has 53 heavy (non-hydrogen) atoms. The number of rotatable bonds is 5. The molecule has 11 aromatic rings. The summed E-state index contributed by atoms with van der Waals surface area (Å²) in [5, 5.41) is 9.34. The van der Waals surface area contributed by atoms with Crippen LogP contribution in [0, 0.1) is 0 Å². The average molecular weight is 677 g/mol. The van der Waals surface area contributed by atoms with Gasteiger partial charge in [0.1, 0.15) is 11.2 Å². The highest BCUT2D eigenvalue weighted by Crippen LogP contribution is 2.48. The molecule has 248 valence electrons. The van der Waals surface area contributed by atoms with E-state index >= 15 is 0 Å². The minimum Gasteiger partial charge on any atom is -0.455 e. The van der Waals surface area contributed by atoms with Crippen molar-refractivity contribution in [1.29, 1.82) is 0 Å². The highest BCUT2D eigenvalue weighted by atomic mass is 16.3. The summed E-state index contributed by atoms with van der Waals surface area (Å²) in [7, 11) is 0. The molecule has 11 rings (SSSR count). The highest BCUT2D eigenvalue weighted by Gasteiger charge is 2.24. The topological polar surface area (TPSA) is 21.3 Å². The molecule has 0 aliphatic carbocycles. The van der Waals surface area contributed by atoms with E-state index in [-0.39, 0.29) is 0 Å². The van der Waals surface area contributed by atoms with Gasteiger partial charge in [-0.05, 0) is 87.9 Å². The third-order valence-corrected chi connectivity index (χ3v) is 10.8. The van der Waals surface area contributed by atoms with Crippen LogP contribution < -0.4 is 4.90 Å². The lowest BCUT2D eigenvalue weighted by atomic mass is 9.98. The molecular formula is C50H32N2O. The van der Waals surface area contributed by atoms with Crippen LogP contribution in [-0.4, -0.2) is 4.57 Å². The predicted molar refractivity (Wildman–Crippen MR) is 223 cm³/mol. The average Bonchev–Trinajstić information content (AvgIpc) is 3.78. The molecule has 2 heterocycles. The van der Waals surface area contributed by atoms with Crippen LogP contribution in [0.2, 0.25) is 0 Å². The molecule has 0 saturated carbocycles. The van der Waals surface area contributed by atoms with Gasteiger partial charge in [0.05, 0.1) is 33.2 Å². The van der Waals surface area contributed by atoms with Crippen LogP contribution in [-0.2, 0) is 0 Å². The standard InChI is InChI=1S/C50H32N2O/c1-3-14-33(15-4-1)34-26-28-37(29-27-34)52(46-32-35-16-7-8-19-38(35)39-20-9-10-21-40(39)46)44-24-13-25-47-48(44)42-30-31-45-49(50(42)53-47)41-22-11-12-23-43(41)51(45)36-17-5-2-6-18-36/h1-32H. The fraction of sp³-hybridized carbons (Fsp3) is 0. The lowest BCUT2D eigenvalue weighted by Crippen LogP contribution is -2.11. The molecular weight excluding hydrogens is 645 g/mol. The summed E-state index contributed by atoms with van der Waals surface area (Å²) < 4.78 is 9.33. The number of benzene rings is 9. The van der Waals surface area contributed by atoms with Gasteiger partial charge in [-0.3, -0.25) is 0 Å². The molecule has 0 radical (unpaired) electrons. The van der Waals surface area contributed by atoms with Gasteiger partial charge in [0.15, 0.2) is 0 Å². The Bertz CT molecular complexity index is 3160. The first kappa shape index (κ1) is 29.6. The summed E-state index contributed by atoms with van der Waals surface area (Å²) in [6, 6.07) is 69.6. The van der Waals surface area contributed by atoms with E-state index in [2.05, 4.69) is 204 Å². The van der Waals surface area contributed by atoms with Gasteiger partial charge in [-0.1, -0.05) is 133 Å². The van der Waals surface area contributed by atoms with Gasteiger partial charge in [-0.15, -0.1) is 0 Å². The summed E-state index contributed by atoms with van der Waals surface area (Å²) in [6.07, 6.45) is 0. The minimum absolute atomic E-state index is 0.859. The summed E-state index contributed by atoms with van der Waals surface area (Å²) in [6.45, 7) is 0. The lowest BCUT2D eigenvalue weighted by molar-refractivity contribution is 0.673. The molecule has 0 aliphatic heterocycles. The van der Waals surface area contributed by atoms with Crippen molar-refractivity contribution >= 4 is 82.4 Å². The van der Waals surface area contributed by atoms with Crippen LogP contribution >= 0.6 is 0 Å². The number of hydrogen-bond donors (Lipinski definition) is 0. The van der Waals surface area contributed by atoms with Gasteiger partial charge in [0.2, 0.25) is 0 Å². The summed E-state index contributed by atoms with van der Waals surface area (Å²) in [5.41, 5.74) is 10.8. The smallest absolute Gasteiger partial charge is 0.145 e. The van der Waals surface area contributed by atoms with E-state index in [1.807, 2.05) is 0 Å². The van der Waals surface area contributed by atoms with Crippen molar-refractivity contribution in [2.24, 2.45) is 0 Å². The number of furan rings is 1. The Hall–Kier alpha value is -7.10. The highest BCUT2D eigenvalue weighted by molar-refractivity contribution is 6.26. The van der Waals surface area contributed by atoms with Crippen LogP contribution in [0.1, 0.15) is 0 Å². The van der Waals surface area contributed by atoms with E-state index in [1.54, 1.807) is 0 Å². The van der Waals surface area contributed by atoms with Crippen molar-refractivity contribution in [1.82, 2.24) is 4.57 Å². The number of hydrogen-bond acceptors (Lipinski definition) is 2. The predicted octanol–water partition coefficient (Wildman–Crippen LogP) is 14.1. The first-order chi connectivity index (χ1) is 26.3. The third-order valence-electron chi connectivity index (χ3n) is 10.8. The Morgan fingerprint density at radius 3 is 1.87 bits per heavy atom. The molecule has 0 aliphatic rings. The largest absolute Gasteiger partial charge is 0.455 e. The summed E-state index contributed by atoms with van der Waals surface area (Å²) in [4.78, 5) is 2.43. The second-order valence-electron chi connectivity index (χ2n) is 13.7. The fourth-order valence-electron chi connectivity index (χ4n) is 8.42. The zero-order valence-electron chi connectivity index (χ0n) is 28.8. The van der Waals surface area contributed by atoms with Gasteiger partial charge >= 0.3 is 0 Å². The van der Waals surface area contributed by atoms with E-state index in [1.165, 1.54) is 38.1 Å². The van der Waals surface area contributed by atoms with Crippen molar-refractivity contribution < 1.29 is 4.42 Å². The molecule has 3 heteroatoms. The quantitative estimate of drug-likeness (QED) is 0.169. The molecule has 0 spiro atoms. The number of nitrogens with zero attached hydrogens (tertiary/aromatic N) is 2. The van der Waals surface area contributed by atoms with Crippen molar-refractivity contribution in [2.75, 3.05) is 4.90 Å². The van der Waals surface area contributed by atoms with Crippen LogP contribution in [0.5, 0.6) is 0 Å². The van der Waals surface area contributed by atoms with Gasteiger partial charge in [0, 0.05) is 27.5 Å². The molecule has 0 bridgehead atoms. The maximum atomic E-state index is 6.98. The molecule has 0 N–H and O–H groups in total. The van der Waals surface area contributed by atoms with Gasteiger partial charge < -0.3 is 13.9 Å². The number of anilines is 3. The Kier molecular flexibility index (Phi) is 6.55. The first-order valence-corrected chi connectivity index (χ1v) is 18.1. The molecule has 0 unspecified atom stereocenters. The molecule has 3 nitrogen and oxygen atoms in total. The number of fused-ring (bicyclic) bond motifs is 10. The Morgan fingerprint density at radius 2 is 1.06 bits per heavy atom. The van der Waals surface area contributed by atoms with E-state index < -0.39 is 0 Å². The van der Waals surface area contributed by atoms with Gasteiger partial charge in [0.25, 0.3) is 0 Å². The summed E-state index contributed by atoms with van der Waals surface area (Å²) in [5.74, 6) is 0. The first-order valence-electron chi connectivity index (χ1n) is 18.1. The minimum atomic E-state index is 0.859. The molecule has 2 aromatic heterocycles. The molecule has 0 saturated heterocycles. The van der Waals surface area contributed by atoms with E-state index in [9.17, 15) is 0 Å². The van der Waals surface area contributed by atoms with E-state index in [0.717, 1.165) is 61.1 Å². The molecule has 0 atom stereocenters. The fourth-order valence-corrected chi connectivity index (χ4v) is 8.42. The lowest BCUT2D eigenvalue weighted by Gasteiger charge is -2.28. The van der Waals surface area contributed by atoms with E-state index in [4.69, 9.17) is 4.42 Å². The Labute approximate surface area is 306 Å². The number of para-hydroxylation sites is 2. The van der Waals surface area contributed by atoms with Crippen LogP contribution in [0.3, 0.4) is 0 Å². The van der Waals surface area contributed by atoms with Crippen molar-refractivity contribution in [3.8, 4) is 16.8 Å². The van der Waals surface area contributed by atoms with Gasteiger partial charge in [-0.2, -0.15) is 0 Å². The maximum absolute atomic E-state index is 6.98. The Morgan fingerprint density at radius 1 is 0.396 bits per heavy atom. The second kappa shape index (κ2) is 11.7. The summed E-state index contributed by atoms with van der Waals surface area (Å²) >= 11 is 0. The van der Waals surface area contributed by atoms with Crippen molar-refractivity contribution in [3.63, 3.8) is 0 Å². The van der Waals surface area contributed by atoms with Gasteiger partial charge in [-0.25, -0.2) is 0 Å². The second-order valence-corrected chi connectivity index (χ2v) is 13.7. The Balaban J connectivity index is 1.22. The van der Waals surface area contributed by atoms with Crippen molar-refractivity contribution in [3.05, 3.63) is 194 Å². The van der Waals surface area contributed by atoms with Crippen LogP contribution in [0.25, 0.3) is 82.1 Å². The molecule has 0 amide bonds.